The van der Waals surface area contributed by atoms with Crippen LogP contribution in [0.4, 0.5) is 5.69 Å². The summed E-state index contributed by atoms with van der Waals surface area (Å²) in [5, 5.41) is 10.9. The van der Waals surface area contributed by atoms with Gasteiger partial charge in [0.15, 0.2) is 0 Å². The van der Waals surface area contributed by atoms with E-state index in [1.165, 1.54) is 0 Å². The van der Waals surface area contributed by atoms with E-state index >= 15 is 0 Å². The molecule has 0 fully saturated rings. The predicted octanol–water partition coefficient (Wildman–Crippen LogP) is 4.55. The number of aryl methyl sites for hydroxylation is 1. The van der Waals surface area contributed by atoms with Gasteiger partial charge < -0.3 is 10.1 Å². The highest BCUT2D eigenvalue weighted by atomic mass is 35.5. The third-order valence-corrected chi connectivity index (χ3v) is 4.15. The van der Waals surface area contributed by atoms with Crippen molar-refractivity contribution in [3.8, 4) is 17.0 Å². The molecule has 2 aromatic carbocycles. The third kappa shape index (κ3) is 3.51. The molecule has 0 spiro atoms. The van der Waals surface area contributed by atoms with Crippen molar-refractivity contribution in [2.75, 3.05) is 12.4 Å². The van der Waals surface area contributed by atoms with Crippen molar-refractivity contribution in [1.82, 2.24) is 10.2 Å². The summed E-state index contributed by atoms with van der Waals surface area (Å²) >= 11 is 5.88. The number of carbonyl (C=O) groups excluding carboxylic acids is 1. The largest absolute Gasteiger partial charge is 0.496 e. The average molecular weight is 356 g/mol. The SMILES string of the molecule is CCc1[nH]nc(-c2ccccc2OC)c1NC(=O)c1ccc(Cl)cc1. The maximum atomic E-state index is 12.6. The molecule has 0 aliphatic rings. The Morgan fingerprint density at radius 1 is 1.20 bits per heavy atom. The van der Waals surface area contributed by atoms with Crippen molar-refractivity contribution < 1.29 is 9.53 Å². The Kier molecular flexibility index (Phi) is 5.05. The summed E-state index contributed by atoms with van der Waals surface area (Å²) < 4.78 is 5.42. The van der Waals surface area contributed by atoms with Gasteiger partial charge in [-0.3, -0.25) is 9.89 Å². The molecule has 25 heavy (non-hydrogen) atoms. The first-order valence-electron chi connectivity index (χ1n) is 7.91. The monoisotopic (exact) mass is 355 g/mol. The van der Waals surface area contributed by atoms with Crippen LogP contribution in [0.1, 0.15) is 23.0 Å². The number of carbonyl (C=O) groups is 1. The molecule has 0 aliphatic carbocycles. The fraction of sp³-hybridized carbons (Fsp3) is 0.158. The third-order valence-electron chi connectivity index (χ3n) is 3.90. The van der Waals surface area contributed by atoms with Crippen molar-refractivity contribution in [2.45, 2.75) is 13.3 Å². The number of halogens is 1. The van der Waals surface area contributed by atoms with Gasteiger partial charge >= 0.3 is 0 Å². The van der Waals surface area contributed by atoms with Crippen molar-refractivity contribution in [1.29, 1.82) is 0 Å². The highest BCUT2D eigenvalue weighted by molar-refractivity contribution is 6.30. The minimum absolute atomic E-state index is 0.219. The van der Waals surface area contributed by atoms with E-state index < -0.39 is 0 Å². The van der Waals surface area contributed by atoms with Crippen LogP contribution in [0.15, 0.2) is 48.5 Å². The number of methoxy groups -OCH3 is 1. The fourth-order valence-electron chi connectivity index (χ4n) is 2.59. The molecule has 0 atom stereocenters. The van der Waals surface area contributed by atoms with E-state index in [4.69, 9.17) is 16.3 Å². The van der Waals surface area contributed by atoms with Crippen molar-refractivity contribution in [3.05, 3.63) is 64.8 Å². The van der Waals surface area contributed by atoms with Crippen LogP contribution in [-0.4, -0.2) is 23.2 Å². The molecule has 3 rings (SSSR count). The minimum atomic E-state index is -0.219. The van der Waals surface area contributed by atoms with E-state index in [9.17, 15) is 4.79 Å². The Balaban J connectivity index is 1.99. The second-order valence-electron chi connectivity index (χ2n) is 5.44. The number of nitrogens with zero attached hydrogens (tertiary/aromatic N) is 1. The van der Waals surface area contributed by atoms with Gasteiger partial charge in [-0.25, -0.2) is 0 Å². The van der Waals surface area contributed by atoms with Gasteiger partial charge in [0.25, 0.3) is 5.91 Å². The average Bonchev–Trinajstić information content (AvgIpc) is 3.04. The van der Waals surface area contributed by atoms with Crippen molar-refractivity contribution in [3.63, 3.8) is 0 Å². The van der Waals surface area contributed by atoms with Gasteiger partial charge in [0.1, 0.15) is 11.4 Å². The van der Waals surface area contributed by atoms with Crippen LogP contribution >= 0.6 is 11.6 Å². The predicted molar refractivity (Wildman–Crippen MR) is 99.4 cm³/mol. The molecule has 1 aromatic heterocycles. The summed E-state index contributed by atoms with van der Waals surface area (Å²) in [6, 6.07) is 14.3. The number of aromatic amines is 1. The molecule has 0 bridgehead atoms. The highest BCUT2D eigenvalue weighted by Crippen LogP contribution is 2.35. The van der Waals surface area contributed by atoms with Crippen LogP contribution in [0, 0.1) is 0 Å². The Morgan fingerprint density at radius 2 is 1.92 bits per heavy atom. The number of para-hydroxylation sites is 1. The Morgan fingerprint density at radius 3 is 2.60 bits per heavy atom. The lowest BCUT2D eigenvalue weighted by Crippen LogP contribution is -2.13. The van der Waals surface area contributed by atoms with E-state index in [1.807, 2.05) is 31.2 Å². The molecule has 2 N–H and O–H groups in total. The quantitative estimate of drug-likeness (QED) is 0.705. The van der Waals surface area contributed by atoms with Crippen LogP contribution in [0.3, 0.4) is 0 Å². The first-order valence-corrected chi connectivity index (χ1v) is 8.29. The van der Waals surface area contributed by atoms with Crippen LogP contribution in [-0.2, 0) is 6.42 Å². The van der Waals surface area contributed by atoms with E-state index in [2.05, 4.69) is 15.5 Å². The summed E-state index contributed by atoms with van der Waals surface area (Å²) in [5.41, 5.74) is 3.50. The standard InChI is InChI=1S/C19H18ClN3O2/c1-3-15-18(21-19(24)12-8-10-13(20)11-9-12)17(23-22-15)14-6-4-5-7-16(14)25-2/h4-11H,3H2,1-2H3,(H,21,24)(H,22,23). The Labute approximate surface area is 151 Å². The van der Waals surface area contributed by atoms with Crippen LogP contribution in [0.5, 0.6) is 5.75 Å². The lowest BCUT2D eigenvalue weighted by Gasteiger charge is -2.10. The molecule has 0 saturated heterocycles. The second-order valence-corrected chi connectivity index (χ2v) is 5.88. The smallest absolute Gasteiger partial charge is 0.255 e. The topological polar surface area (TPSA) is 67.0 Å². The number of H-pyrrole nitrogens is 1. The van der Waals surface area contributed by atoms with Crippen LogP contribution in [0.2, 0.25) is 5.02 Å². The molecular formula is C19H18ClN3O2. The number of hydrogen-bond acceptors (Lipinski definition) is 3. The maximum absolute atomic E-state index is 12.6. The number of rotatable bonds is 5. The zero-order valence-corrected chi connectivity index (χ0v) is 14.7. The van der Waals surface area contributed by atoms with Gasteiger partial charge in [0, 0.05) is 16.1 Å². The van der Waals surface area contributed by atoms with E-state index in [1.54, 1.807) is 31.4 Å². The van der Waals surface area contributed by atoms with E-state index in [0.29, 0.717) is 34.1 Å². The Hall–Kier alpha value is -2.79. The van der Waals surface area contributed by atoms with Crippen LogP contribution in [0.25, 0.3) is 11.3 Å². The van der Waals surface area contributed by atoms with Gasteiger partial charge in [-0.15, -0.1) is 0 Å². The van der Waals surface area contributed by atoms with Gasteiger partial charge in [-0.05, 0) is 42.8 Å². The molecule has 0 unspecified atom stereocenters. The maximum Gasteiger partial charge on any atom is 0.255 e. The summed E-state index contributed by atoms with van der Waals surface area (Å²) in [5.74, 6) is 0.475. The molecule has 128 valence electrons. The number of benzene rings is 2. The number of amides is 1. The van der Waals surface area contributed by atoms with Crippen molar-refractivity contribution >= 4 is 23.2 Å². The van der Waals surface area contributed by atoms with Gasteiger partial charge in [0.2, 0.25) is 0 Å². The normalized spacial score (nSPS) is 10.5. The number of hydrogen-bond donors (Lipinski definition) is 2. The molecule has 3 aromatic rings. The lowest BCUT2D eigenvalue weighted by atomic mass is 10.1. The number of nitrogens with one attached hydrogen (secondary N) is 2. The summed E-state index contributed by atoms with van der Waals surface area (Å²) in [6.07, 6.45) is 0.707. The number of aromatic nitrogens is 2. The molecule has 1 amide bonds. The molecule has 0 aliphatic heterocycles. The van der Waals surface area contributed by atoms with Gasteiger partial charge in [0.05, 0.1) is 18.5 Å². The molecule has 5 nitrogen and oxygen atoms in total. The number of anilines is 1. The van der Waals surface area contributed by atoms with Crippen LogP contribution < -0.4 is 10.1 Å². The fourth-order valence-corrected chi connectivity index (χ4v) is 2.72. The van der Waals surface area contributed by atoms with Gasteiger partial charge in [-0.1, -0.05) is 30.7 Å². The van der Waals surface area contributed by atoms with Gasteiger partial charge in [-0.2, -0.15) is 5.10 Å². The zero-order valence-electron chi connectivity index (χ0n) is 14.0. The lowest BCUT2D eigenvalue weighted by molar-refractivity contribution is 0.102. The van der Waals surface area contributed by atoms with E-state index in [0.717, 1.165) is 11.3 Å². The molecule has 1 heterocycles. The van der Waals surface area contributed by atoms with Crippen molar-refractivity contribution in [2.24, 2.45) is 0 Å². The zero-order chi connectivity index (χ0) is 17.8. The first-order chi connectivity index (χ1) is 12.1. The minimum Gasteiger partial charge on any atom is -0.496 e. The molecule has 0 radical (unpaired) electrons. The number of ether oxygens (including phenoxy) is 1. The summed E-state index contributed by atoms with van der Waals surface area (Å²) in [7, 11) is 1.61. The second kappa shape index (κ2) is 7.40. The first kappa shape index (κ1) is 17.0. The summed E-state index contributed by atoms with van der Waals surface area (Å²) in [4.78, 5) is 12.6. The highest BCUT2D eigenvalue weighted by Gasteiger charge is 2.19. The molecule has 6 heteroatoms. The Bertz CT molecular complexity index is 888. The summed E-state index contributed by atoms with van der Waals surface area (Å²) in [6.45, 7) is 2.00. The molecular weight excluding hydrogens is 338 g/mol. The van der Waals surface area contributed by atoms with E-state index in [-0.39, 0.29) is 5.91 Å². The molecule has 0 saturated carbocycles.